The van der Waals surface area contributed by atoms with Gasteiger partial charge in [-0.1, -0.05) is 18.2 Å². The van der Waals surface area contributed by atoms with Crippen LogP contribution in [0.15, 0.2) is 40.9 Å². The molecule has 1 amide bonds. The molecule has 6 N–H and O–H groups in total. The zero-order chi connectivity index (χ0) is 26.7. The van der Waals surface area contributed by atoms with Crippen molar-refractivity contribution in [3.8, 4) is 5.75 Å². The van der Waals surface area contributed by atoms with Crippen LogP contribution in [0.3, 0.4) is 0 Å². The lowest BCUT2D eigenvalue weighted by Crippen LogP contribution is -2.59. The van der Waals surface area contributed by atoms with E-state index in [0.717, 1.165) is 5.56 Å². The standard InChI is InChI=1S/C27H35N3O6/c1-27(36)20-16(22(30(4)5)25(34)21(27)26(28)35)12-14-11-15-13(7-6-10-29(2)3)8-9-17(31)19(15)23(32)18(14)24(20)33/h6-9,14,16,20,22,31,33-34,36H,10-12H2,1-5H3,(H2,28,35)/b7-6+/t14?,16-,20?,22-,27?/m1/s1. The van der Waals surface area contributed by atoms with Gasteiger partial charge in [0.2, 0.25) is 0 Å². The smallest absolute Gasteiger partial charge is 0.251 e. The molecule has 0 saturated carbocycles. The second kappa shape index (κ2) is 9.06. The highest BCUT2D eigenvalue weighted by atomic mass is 16.3. The number of nitrogens with zero attached hydrogens (tertiary/aromatic N) is 2. The number of hydrogen-bond donors (Lipinski definition) is 5. The summed E-state index contributed by atoms with van der Waals surface area (Å²) in [4.78, 5) is 29.7. The number of amides is 1. The highest BCUT2D eigenvalue weighted by Crippen LogP contribution is 2.54. The van der Waals surface area contributed by atoms with Gasteiger partial charge in [0.15, 0.2) is 5.78 Å². The Kier molecular flexibility index (Phi) is 6.53. The topological polar surface area (TPSA) is 148 Å². The summed E-state index contributed by atoms with van der Waals surface area (Å²) in [5.74, 6) is -4.21. The molecule has 9 heteroatoms. The molecule has 0 heterocycles. The number of benzene rings is 1. The lowest BCUT2D eigenvalue weighted by Gasteiger charge is -2.52. The molecule has 4 rings (SSSR count). The maximum absolute atomic E-state index is 13.7. The Balaban J connectivity index is 1.88. The molecule has 1 aromatic carbocycles. The number of fused-ring (bicyclic) bond motifs is 3. The number of aliphatic hydroxyl groups is 3. The van der Waals surface area contributed by atoms with Crippen LogP contribution in [0.2, 0.25) is 0 Å². The quantitative estimate of drug-likeness (QED) is 0.413. The summed E-state index contributed by atoms with van der Waals surface area (Å²) in [5, 5.41) is 44.6. The fourth-order valence-corrected chi connectivity index (χ4v) is 6.46. The van der Waals surface area contributed by atoms with E-state index < -0.39 is 41.1 Å². The first-order chi connectivity index (χ1) is 16.8. The van der Waals surface area contributed by atoms with Crippen LogP contribution in [0.5, 0.6) is 5.75 Å². The number of carbonyl (C=O) groups is 2. The Bertz CT molecular complexity index is 1210. The van der Waals surface area contributed by atoms with Crippen molar-refractivity contribution in [2.75, 3.05) is 34.7 Å². The predicted octanol–water partition coefficient (Wildman–Crippen LogP) is 1.76. The van der Waals surface area contributed by atoms with E-state index >= 15 is 0 Å². The van der Waals surface area contributed by atoms with Crippen LogP contribution in [0.1, 0.15) is 34.8 Å². The van der Waals surface area contributed by atoms with Crippen molar-refractivity contribution in [2.24, 2.45) is 23.5 Å². The first-order valence-corrected chi connectivity index (χ1v) is 12.0. The van der Waals surface area contributed by atoms with Crippen LogP contribution >= 0.6 is 0 Å². The van der Waals surface area contributed by atoms with Gasteiger partial charge in [-0.2, -0.15) is 0 Å². The van der Waals surface area contributed by atoms with E-state index in [1.54, 1.807) is 25.1 Å². The number of likely N-dealkylation sites (N-methyl/N-ethyl adjacent to an activating group) is 2. The lowest BCUT2D eigenvalue weighted by molar-refractivity contribution is -0.120. The highest BCUT2D eigenvalue weighted by molar-refractivity contribution is 6.14. The third kappa shape index (κ3) is 3.91. The van der Waals surface area contributed by atoms with E-state index in [-0.39, 0.29) is 34.0 Å². The number of phenolic OH excluding ortho intramolecular Hbond substituents is 1. The number of allylic oxidation sites excluding steroid dienone is 1. The summed E-state index contributed by atoms with van der Waals surface area (Å²) in [5.41, 5.74) is 4.98. The number of nitrogens with two attached hydrogens (primary N) is 1. The average Bonchev–Trinajstić information content (AvgIpc) is 2.73. The minimum absolute atomic E-state index is 0.136. The third-order valence-electron chi connectivity index (χ3n) is 7.84. The van der Waals surface area contributed by atoms with Crippen LogP contribution in [-0.2, 0) is 11.2 Å². The van der Waals surface area contributed by atoms with E-state index in [1.807, 2.05) is 31.1 Å². The Morgan fingerprint density at radius 1 is 1.17 bits per heavy atom. The number of ketones is 1. The number of carbonyl (C=O) groups excluding carboxylic acids is 2. The Labute approximate surface area is 210 Å². The molecule has 194 valence electrons. The summed E-state index contributed by atoms with van der Waals surface area (Å²) in [6, 6.07) is 2.55. The first-order valence-electron chi connectivity index (χ1n) is 12.0. The minimum Gasteiger partial charge on any atom is -0.511 e. The SMILES string of the molecule is CN(C)C/C=C/c1ccc(O)c2c1CC1C[C@@H]3C(C(O)=C1C2=O)C(C)(O)C(C(N)=O)=C(O)[C@@H]3N(C)C. The van der Waals surface area contributed by atoms with Crippen LogP contribution in [-0.4, -0.2) is 88.3 Å². The van der Waals surface area contributed by atoms with Gasteiger partial charge >= 0.3 is 0 Å². The molecule has 3 unspecified atom stereocenters. The normalized spacial score (nSPS) is 30.2. The number of primary amides is 1. The average molecular weight is 498 g/mol. The van der Waals surface area contributed by atoms with Crippen LogP contribution in [0.4, 0.5) is 0 Å². The van der Waals surface area contributed by atoms with Gasteiger partial charge < -0.3 is 31.1 Å². The molecule has 1 aromatic rings. The summed E-state index contributed by atoms with van der Waals surface area (Å²) in [6.07, 6.45) is 4.68. The predicted molar refractivity (Wildman–Crippen MR) is 135 cm³/mol. The molecule has 0 fully saturated rings. The molecular formula is C27H35N3O6. The molecule has 9 nitrogen and oxygen atoms in total. The number of rotatable bonds is 5. The zero-order valence-corrected chi connectivity index (χ0v) is 21.3. The molecule has 0 spiro atoms. The van der Waals surface area contributed by atoms with Gasteiger partial charge in [0.05, 0.1) is 23.1 Å². The van der Waals surface area contributed by atoms with E-state index in [9.17, 15) is 30.0 Å². The van der Waals surface area contributed by atoms with Gasteiger partial charge in [-0.05, 0) is 77.0 Å². The van der Waals surface area contributed by atoms with Crippen molar-refractivity contribution in [3.63, 3.8) is 0 Å². The largest absolute Gasteiger partial charge is 0.511 e. The fraction of sp³-hybridized carbons (Fsp3) is 0.481. The van der Waals surface area contributed by atoms with Crippen LogP contribution in [0.25, 0.3) is 6.08 Å². The Hall–Kier alpha value is -3.14. The monoisotopic (exact) mass is 497 g/mol. The first kappa shape index (κ1) is 25.9. The number of Topliss-reactive ketones (excluding diaryl/α,β-unsaturated/α-hetero) is 1. The summed E-state index contributed by atoms with van der Waals surface area (Å²) in [7, 11) is 7.37. The van der Waals surface area contributed by atoms with E-state index in [0.29, 0.717) is 24.9 Å². The third-order valence-corrected chi connectivity index (χ3v) is 7.84. The van der Waals surface area contributed by atoms with Crippen molar-refractivity contribution in [1.29, 1.82) is 0 Å². The van der Waals surface area contributed by atoms with Crippen LogP contribution < -0.4 is 5.73 Å². The highest BCUT2D eigenvalue weighted by Gasteiger charge is 2.59. The van der Waals surface area contributed by atoms with Gasteiger partial charge in [0.25, 0.3) is 5.91 Å². The van der Waals surface area contributed by atoms with Gasteiger partial charge in [-0.25, -0.2) is 0 Å². The molecule has 3 aliphatic carbocycles. The molecule has 0 saturated heterocycles. The second-order valence-electron chi connectivity index (χ2n) is 10.8. The molecule has 5 atom stereocenters. The zero-order valence-electron chi connectivity index (χ0n) is 21.3. The molecular weight excluding hydrogens is 462 g/mol. The summed E-state index contributed by atoms with van der Waals surface area (Å²) < 4.78 is 0. The van der Waals surface area contributed by atoms with Gasteiger partial charge in [-0.15, -0.1) is 0 Å². The van der Waals surface area contributed by atoms with Gasteiger partial charge in [0.1, 0.15) is 22.9 Å². The van der Waals surface area contributed by atoms with Gasteiger partial charge in [-0.3, -0.25) is 14.5 Å². The number of phenols is 1. The molecule has 36 heavy (non-hydrogen) atoms. The fourth-order valence-electron chi connectivity index (χ4n) is 6.46. The number of hydrogen-bond acceptors (Lipinski definition) is 8. The van der Waals surface area contributed by atoms with E-state index in [2.05, 4.69) is 0 Å². The van der Waals surface area contributed by atoms with E-state index in [4.69, 9.17) is 5.73 Å². The summed E-state index contributed by atoms with van der Waals surface area (Å²) in [6.45, 7) is 2.03. The molecule has 0 aromatic heterocycles. The molecule has 3 aliphatic rings. The van der Waals surface area contributed by atoms with Crippen LogP contribution in [0, 0.1) is 17.8 Å². The minimum atomic E-state index is -1.99. The maximum Gasteiger partial charge on any atom is 0.251 e. The molecule has 0 radical (unpaired) electrons. The molecule has 0 aliphatic heterocycles. The number of aliphatic hydroxyl groups excluding tert-OH is 2. The molecule has 0 bridgehead atoms. The lowest BCUT2D eigenvalue weighted by atomic mass is 9.57. The second-order valence-corrected chi connectivity index (χ2v) is 10.8. The van der Waals surface area contributed by atoms with E-state index in [1.165, 1.54) is 13.0 Å². The Morgan fingerprint density at radius 2 is 1.83 bits per heavy atom. The van der Waals surface area contributed by atoms with Crippen molar-refractivity contribution in [1.82, 2.24) is 9.80 Å². The number of aromatic hydroxyl groups is 1. The van der Waals surface area contributed by atoms with Crippen molar-refractivity contribution >= 4 is 17.8 Å². The van der Waals surface area contributed by atoms with Crippen molar-refractivity contribution < 1.29 is 30.0 Å². The van der Waals surface area contributed by atoms with Crippen molar-refractivity contribution in [2.45, 2.75) is 31.4 Å². The van der Waals surface area contributed by atoms with Crippen molar-refractivity contribution in [3.05, 3.63) is 57.6 Å². The van der Waals surface area contributed by atoms with Gasteiger partial charge in [0, 0.05) is 12.1 Å². The summed E-state index contributed by atoms with van der Waals surface area (Å²) >= 11 is 0. The Morgan fingerprint density at radius 3 is 2.42 bits per heavy atom. The maximum atomic E-state index is 13.7.